The maximum absolute atomic E-state index is 12.3. The van der Waals surface area contributed by atoms with E-state index in [1.165, 1.54) is 12.1 Å². The molecule has 0 unspecified atom stereocenters. The molecule has 1 aromatic carbocycles. The lowest BCUT2D eigenvalue weighted by Crippen LogP contribution is -2.38. The Hall–Kier alpha value is -0.840. The second-order valence-corrected chi connectivity index (χ2v) is 6.65. The predicted molar refractivity (Wildman–Crippen MR) is 63.4 cm³/mol. The Morgan fingerprint density at radius 2 is 1.89 bits per heavy atom. The van der Waals surface area contributed by atoms with Crippen molar-refractivity contribution in [2.24, 2.45) is 0 Å². The zero-order valence-electron chi connectivity index (χ0n) is 8.53. The molecule has 1 aliphatic rings. The highest BCUT2D eigenvalue weighted by Gasteiger charge is 2.46. The second kappa shape index (κ2) is 4.08. The van der Waals surface area contributed by atoms with Crippen LogP contribution < -0.4 is 0 Å². The van der Waals surface area contributed by atoms with E-state index in [1.807, 2.05) is 22.6 Å². The number of carbonyl (C=O) groups is 1. The molecular formula is C9H5F3INO3S. The summed E-state index contributed by atoms with van der Waals surface area (Å²) in [6.45, 7) is -1.81. The lowest BCUT2D eigenvalue weighted by molar-refractivity contribution is -0.132. The summed E-state index contributed by atoms with van der Waals surface area (Å²) in [5.74, 6) is -1.14. The molecule has 0 saturated carbocycles. The van der Waals surface area contributed by atoms with Crippen molar-refractivity contribution in [3.05, 3.63) is 27.3 Å². The summed E-state index contributed by atoms with van der Waals surface area (Å²) < 4.78 is 60.8. The Labute approximate surface area is 114 Å². The van der Waals surface area contributed by atoms with Crippen LogP contribution in [0.5, 0.6) is 0 Å². The lowest BCUT2D eigenvalue weighted by Gasteiger charge is -2.16. The maximum Gasteiger partial charge on any atom is 0.407 e. The molecule has 0 spiro atoms. The molecule has 0 aliphatic carbocycles. The molecule has 1 heterocycles. The van der Waals surface area contributed by atoms with Crippen molar-refractivity contribution in [1.29, 1.82) is 0 Å². The molecule has 0 saturated heterocycles. The van der Waals surface area contributed by atoms with Crippen LogP contribution in [0, 0.1) is 3.57 Å². The molecule has 0 aromatic heterocycles. The van der Waals surface area contributed by atoms with Crippen LogP contribution in [0.2, 0.25) is 0 Å². The molecule has 18 heavy (non-hydrogen) atoms. The molecule has 1 amide bonds. The van der Waals surface area contributed by atoms with Crippen molar-refractivity contribution in [2.75, 3.05) is 6.54 Å². The number of carbonyl (C=O) groups excluding carboxylic acids is 1. The number of rotatable bonds is 1. The van der Waals surface area contributed by atoms with Gasteiger partial charge in [-0.05, 0) is 40.8 Å². The standard InChI is InChI=1S/C9H5F3INO3S/c10-9(11,12)4-14-8(15)6-3-5(13)1-2-7(6)18(14,16)17/h1-3H,4H2. The van der Waals surface area contributed by atoms with Gasteiger partial charge in [-0.1, -0.05) is 0 Å². The summed E-state index contributed by atoms with van der Waals surface area (Å²) in [5.41, 5.74) is -0.217. The van der Waals surface area contributed by atoms with Crippen LogP contribution >= 0.6 is 22.6 Å². The summed E-state index contributed by atoms with van der Waals surface area (Å²) in [7, 11) is -4.39. The average Bonchev–Trinajstić information content (AvgIpc) is 2.38. The van der Waals surface area contributed by atoms with E-state index in [0.717, 1.165) is 6.07 Å². The summed E-state index contributed by atoms with van der Waals surface area (Å²) in [6.07, 6.45) is -4.77. The van der Waals surface area contributed by atoms with Gasteiger partial charge in [-0.3, -0.25) is 4.79 Å². The third-order valence-electron chi connectivity index (χ3n) is 2.29. The first-order valence-corrected chi connectivity index (χ1v) is 7.08. The molecule has 0 N–H and O–H groups in total. The van der Waals surface area contributed by atoms with E-state index in [2.05, 4.69) is 0 Å². The quantitative estimate of drug-likeness (QED) is 0.689. The van der Waals surface area contributed by atoms with Crippen molar-refractivity contribution >= 4 is 38.5 Å². The van der Waals surface area contributed by atoms with Crippen molar-refractivity contribution in [2.45, 2.75) is 11.1 Å². The number of amides is 1. The number of hydrogen-bond acceptors (Lipinski definition) is 3. The Morgan fingerprint density at radius 1 is 1.28 bits per heavy atom. The van der Waals surface area contributed by atoms with E-state index < -0.39 is 28.7 Å². The predicted octanol–water partition coefficient (Wildman–Crippen LogP) is 2.00. The maximum atomic E-state index is 12.3. The van der Waals surface area contributed by atoms with Crippen LogP contribution in [0.3, 0.4) is 0 Å². The van der Waals surface area contributed by atoms with Gasteiger partial charge in [-0.15, -0.1) is 0 Å². The second-order valence-electron chi connectivity index (χ2n) is 3.57. The average molecular weight is 391 g/mol. The Balaban J connectivity index is 2.55. The van der Waals surface area contributed by atoms with E-state index in [9.17, 15) is 26.4 Å². The van der Waals surface area contributed by atoms with Crippen LogP contribution in [-0.2, 0) is 10.0 Å². The van der Waals surface area contributed by atoms with Crippen molar-refractivity contribution < 1.29 is 26.4 Å². The van der Waals surface area contributed by atoms with E-state index >= 15 is 0 Å². The number of fused-ring (bicyclic) bond motifs is 1. The highest BCUT2D eigenvalue weighted by atomic mass is 127. The highest BCUT2D eigenvalue weighted by molar-refractivity contribution is 14.1. The molecule has 98 valence electrons. The van der Waals surface area contributed by atoms with Gasteiger partial charge in [0, 0.05) is 3.57 Å². The van der Waals surface area contributed by atoms with Crippen LogP contribution in [0.15, 0.2) is 23.1 Å². The number of sulfonamides is 1. The normalized spacial score (nSPS) is 18.0. The fourth-order valence-corrected chi connectivity index (χ4v) is 3.60. The van der Waals surface area contributed by atoms with Crippen LogP contribution in [0.4, 0.5) is 13.2 Å². The SMILES string of the molecule is O=C1c2cc(I)ccc2S(=O)(=O)N1CC(F)(F)F. The third-order valence-corrected chi connectivity index (χ3v) is 4.75. The number of benzene rings is 1. The molecule has 0 atom stereocenters. The Morgan fingerprint density at radius 3 is 2.44 bits per heavy atom. The van der Waals surface area contributed by atoms with Crippen molar-refractivity contribution in [1.82, 2.24) is 4.31 Å². The van der Waals surface area contributed by atoms with Gasteiger partial charge in [0.15, 0.2) is 0 Å². The van der Waals surface area contributed by atoms with Gasteiger partial charge in [0.2, 0.25) is 0 Å². The number of alkyl halides is 3. The topological polar surface area (TPSA) is 54.5 Å². The van der Waals surface area contributed by atoms with Crippen molar-refractivity contribution in [3.8, 4) is 0 Å². The van der Waals surface area contributed by atoms with E-state index in [4.69, 9.17) is 0 Å². The Bertz CT molecular complexity index is 626. The molecule has 2 rings (SSSR count). The number of nitrogens with zero attached hydrogens (tertiary/aromatic N) is 1. The Kier molecular flexibility index (Phi) is 3.08. The molecule has 0 fully saturated rings. The summed E-state index contributed by atoms with van der Waals surface area (Å²) in [4.78, 5) is 11.3. The fraction of sp³-hybridized carbons (Fsp3) is 0.222. The van der Waals surface area contributed by atoms with Crippen LogP contribution in [0.1, 0.15) is 10.4 Å². The van der Waals surface area contributed by atoms with Crippen LogP contribution in [0.25, 0.3) is 0 Å². The molecular weight excluding hydrogens is 386 g/mol. The molecule has 1 aromatic rings. The first-order chi connectivity index (χ1) is 8.13. The van der Waals surface area contributed by atoms with Crippen molar-refractivity contribution in [3.63, 3.8) is 0 Å². The summed E-state index contributed by atoms with van der Waals surface area (Å²) in [6, 6.07) is 3.81. The molecule has 0 bridgehead atoms. The highest BCUT2D eigenvalue weighted by Crippen LogP contribution is 2.33. The molecule has 4 nitrogen and oxygen atoms in total. The smallest absolute Gasteiger partial charge is 0.268 e. The first kappa shape index (κ1) is 13.6. The number of halogens is 4. The lowest BCUT2D eigenvalue weighted by atomic mass is 10.2. The molecule has 0 radical (unpaired) electrons. The van der Waals surface area contributed by atoms with Gasteiger partial charge in [-0.2, -0.15) is 13.2 Å². The molecule has 1 aliphatic heterocycles. The summed E-state index contributed by atoms with van der Waals surface area (Å²) >= 11 is 1.84. The summed E-state index contributed by atoms with van der Waals surface area (Å²) in [5, 5.41) is 0. The van der Waals surface area contributed by atoms with E-state index in [0.29, 0.717) is 3.57 Å². The minimum absolute atomic E-state index is 0.145. The number of hydrogen-bond donors (Lipinski definition) is 0. The zero-order valence-corrected chi connectivity index (χ0v) is 11.5. The third kappa shape index (κ3) is 2.20. The largest absolute Gasteiger partial charge is 0.407 e. The van der Waals surface area contributed by atoms with Gasteiger partial charge >= 0.3 is 6.18 Å². The monoisotopic (exact) mass is 391 g/mol. The van der Waals surface area contributed by atoms with E-state index in [-0.39, 0.29) is 14.8 Å². The van der Waals surface area contributed by atoms with Gasteiger partial charge < -0.3 is 0 Å². The van der Waals surface area contributed by atoms with Gasteiger partial charge in [0.05, 0.1) is 5.56 Å². The first-order valence-electron chi connectivity index (χ1n) is 4.56. The fourth-order valence-electron chi connectivity index (χ4n) is 1.58. The minimum Gasteiger partial charge on any atom is -0.268 e. The van der Waals surface area contributed by atoms with Crippen LogP contribution in [-0.4, -0.2) is 31.4 Å². The van der Waals surface area contributed by atoms with Gasteiger partial charge in [0.25, 0.3) is 15.9 Å². The molecule has 9 heteroatoms. The van der Waals surface area contributed by atoms with Gasteiger partial charge in [-0.25, -0.2) is 12.7 Å². The zero-order chi connectivity index (χ0) is 13.7. The minimum atomic E-state index is -4.77. The van der Waals surface area contributed by atoms with E-state index in [1.54, 1.807) is 0 Å². The van der Waals surface area contributed by atoms with Gasteiger partial charge in [0.1, 0.15) is 11.4 Å².